The largest absolute Gasteiger partial charge is 0.447 e. The highest BCUT2D eigenvalue weighted by Crippen LogP contribution is 2.14. The van der Waals surface area contributed by atoms with E-state index in [1.165, 1.54) is 6.39 Å². The molecule has 74 valence electrons. The maximum atomic E-state index is 8.85. The summed E-state index contributed by atoms with van der Waals surface area (Å²) in [5.74, 6) is 0.739. The van der Waals surface area contributed by atoms with Gasteiger partial charge in [0.05, 0.1) is 24.0 Å². The molecule has 4 heteroatoms. The predicted octanol–water partition coefficient (Wildman–Crippen LogP) is 2.16. The fraction of sp³-hybridized carbons (Fsp3) is 0.0909. The van der Waals surface area contributed by atoms with Crippen LogP contribution in [-0.4, -0.2) is 4.98 Å². The lowest BCUT2D eigenvalue weighted by atomic mass is 10.2. The molecule has 0 spiro atoms. The highest BCUT2D eigenvalue weighted by atomic mass is 16.3. The van der Waals surface area contributed by atoms with Crippen LogP contribution in [0.2, 0.25) is 0 Å². The SMILES string of the molecule is N#Cc1ccccc1NCc1cnco1. The molecular formula is C11H9N3O. The average molecular weight is 199 g/mol. The number of aromatic nitrogens is 1. The van der Waals surface area contributed by atoms with E-state index >= 15 is 0 Å². The van der Waals surface area contributed by atoms with E-state index in [0.717, 1.165) is 11.4 Å². The summed E-state index contributed by atoms with van der Waals surface area (Å²) in [5, 5.41) is 12.0. The van der Waals surface area contributed by atoms with Crippen molar-refractivity contribution in [1.29, 1.82) is 5.26 Å². The first-order valence-electron chi connectivity index (χ1n) is 4.50. The maximum absolute atomic E-state index is 8.85. The third-order valence-corrected chi connectivity index (χ3v) is 1.98. The van der Waals surface area contributed by atoms with Gasteiger partial charge < -0.3 is 9.73 Å². The topological polar surface area (TPSA) is 61.9 Å². The number of nitrogens with zero attached hydrogens (tertiary/aromatic N) is 2. The molecule has 0 bridgehead atoms. The molecular weight excluding hydrogens is 190 g/mol. The molecule has 2 rings (SSSR count). The Labute approximate surface area is 87.2 Å². The minimum atomic E-state index is 0.526. The van der Waals surface area contributed by atoms with Crippen LogP contribution < -0.4 is 5.32 Å². The van der Waals surface area contributed by atoms with Crippen molar-refractivity contribution in [3.05, 3.63) is 48.2 Å². The zero-order valence-electron chi connectivity index (χ0n) is 7.97. The number of hydrogen-bond donors (Lipinski definition) is 1. The van der Waals surface area contributed by atoms with Crippen molar-refractivity contribution in [2.45, 2.75) is 6.54 Å². The van der Waals surface area contributed by atoms with E-state index in [4.69, 9.17) is 9.68 Å². The second-order valence-electron chi connectivity index (χ2n) is 2.98. The Morgan fingerprint density at radius 2 is 2.27 bits per heavy atom. The summed E-state index contributed by atoms with van der Waals surface area (Å²) in [6.45, 7) is 0.526. The zero-order chi connectivity index (χ0) is 10.5. The van der Waals surface area contributed by atoms with E-state index < -0.39 is 0 Å². The van der Waals surface area contributed by atoms with Gasteiger partial charge in [0.2, 0.25) is 0 Å². The maximum Gasteiger partial charge on any atom is 0.180 e. The van der Waals surface area contributed by atoms with E-state index in [0.29, 0.717) is 12.1 Å². The van der Waals surface area contributed by atoms with Crippen LogP contribution in [0.1, 0.15) is 11.3 Å². The molecule has 1 N–H and O–H groups in total. The van der Waals surface area contributed by atoms with Crippen molar-refractivity contribution >= 4 is 5.69 Å². The molecule has 1 aromatic carbocycles. The van der Waals surface area contributed by atoms with Gasteiger partial charge in [-0.3, -0.25) is 0 Å². The molecule has 0 aliphatic carbocycles. The lowest BCUT2D eigenvalue weighted by Gasteiger charge is -2.05. The lowest BCUT2D eigenvalue weighted by Crippen LogP contribution is -1.99. The number of anilines is 1. The van der Waals surface area contributed by atoms with E-state index in [2.05, 4.69) is 16.4 Å². The van der Waals surface area contributed by atoms with Gasteiger partial charge in [0, 0.05) is 0 Å². The monoisotopic (exact) mass is 199 g/mol. The van der Waals surface area contributed by atoms with Crippen molar-refractivity contribution < 1.29 is 4.42 Å². The third-order valence-electron chi connectivity index (χ3n) is 1.98. The Bertz CT molecular complexity index is 471. The molecule has 0 fully saturated rings. The highest BCUT2D eigenvalue weighted by molar-refractivity contribution is 5.57. The molecule has 0 unspecified atom stereocenters. The summed E-state index contributed by atoms with van der Waals surface area (Å²) < 4.78 is 5.07. The molecule has 0 aliphatic rings. The summed E-state index contributed by atoms with van der Waals surface area (Å²) in [5.41, 5.74) is 1.42. The molecule has 0 saturated heterocycles. The van der Waals surface area contributed by atoms with Gasteiger partial charge in [-0.1, -0.05) is 12.1 Å². The fourth-order valence-corrected chi connectivity index (χ4v) is 1.25. The summed E-state index contributed by atoms with van der Waals surface area (Å²) in [6, 6.07) is 9.45. The van der Waals surface area contributed by atoms with E-state index in [9.17, 15) is 0 Å². The van der Waals surface area contributed by atoms with Crippen molar-refractivity contribution in [2.75, 3.05) is 5.32 Å². The minimum absolute atomic E-state index is 0.526. The van der Waals surface area contributed by atoms with Crippen LogP contribution in [0.25, 0.3) is 0 Å². The number of hydrogen-bond acceptors (Lipinski definition) is 4. The Hall–Kier alpha value is -2.28. The number of nitrogens with one attached hydrogen (secondary N) is 1. The van der Waals surface area contributed by atoms with Gasteiger partial charge in [0.25, 0.3) is 0 Å². The van der Waals surface area contributed by atoms with Crippen LogP contribution in [0.15, 0.2) is 41.3 Å². The molecule has 1 heterocycles. The quantitative estimate of drug-likeness (QED) is 0.822. The van der Waals surface area contributed by atoms with Crippen LogP contribution in [0, 0.1) is 11.3 Å². The zero-order valence-corrected chi connectivity index (χ0v) is 7.97. The second kappa shape index (κ2) is 4.29. The first kappa shape index (κ1) is 9.28. The van der Waals surface area contributed by atoms with Crippen molar-refractivity contribution in [3.8, 4) is 6.07 Å². The number of nitriles is 1. The molecule has 0 radical (unpaired) electrons. The van der Waals surface area contributed by atoms with Crippen LogP contribution >= 0.6 is 0 Å². The summed E-state index contributed by atoms with van der Waals surface area (Å²) in [7, 11) is 0. The van der Waals surface area contributed by atoms with Gasteiger partial charge >= 0.3 is 0 Å². The van der Waals surface area contributed by atoms with Gasteiger partial charge in [-0.15, -0.1) is 0 Å². The van der Waals surface area contributed by atoms with Gasteiger partial charge in [-0.2, -0.15) is 5.26 Å². The number of para-hydroxylation sites is 1. The van der Waals surface area contributed by atoms with Crippen LogP contribution in [0.4, 0.5) is 5.69 Å². The fourth-order valence-electron chi connectivity index (χ4n) is 1.25. The van der Waals surface area contributed by atoms with Crippen LogP contribution in [0.3, 0.4) is 0 Å². The van der Waals surface area contributed by atoms with Crippen molar-refractivity contribution in [2.24, 2.45) is 0 Å². The van der Waals surface area contributed by atoms with E-state index in [-0.39, 0.29) is 0 Å². The van der Waals surface area contributed by atoms with E-state index in [1.807, 2.05) is 18.2 Å². The Balaban J connectivity index is 2.08. The number of oxazole rings is 1. The molecule has 0 saturated carbocycles. The molecule has 0 amide bonds. The van der Waals surface area contributed by atoms with Crippen LogP contribution in [-0.2, 0) is 6.54 Å². The smallest absolute Gasteiger partial charge is 0.180 e. The standard InChI is InChI=1S/C11H9N3O/c12-5-9-3-1-2-4-11(9)14-7-10-6-13-8-15-10/h1-4,6,8,14H,7H2. The van der Waals surface area contributed by atoms with E-state index in [1.54, 1.807) is 12.3 Å². The van der Waals surface area contributed by atoms with Gasteiger partial charge in [-0.05, 0) is 12.1 Å². The van der Waals surface area contributed by atoms with Crippen LogP contribution in [0.5, 0.6) is 0 Å². The molecule has 2 aromatic rings. The highest BCUT2D eigenvalue weighted by Gasteiger charge is 2.01. The number of rotatable bonds is 3. The molecule has 4 nitrogen and oxygen atoms in total. The minimum Gasteiger partial charge on any atom is -0.447 e. The molecule has 1 aromatic heterocycles. The van der Waals surface area contributed by atoms with Gasteiger partial charge in [-0.25, -0.2) is 4.98 Å². The summed E-state index contributed by atoms with van der Waals surface area (Å²) in [4.78, 5) is 3.81. The second-order valence-corrected chi connectivity index (χ2v) is 2.98. The molecule has 0 aliphatic heterocycles. The Morgan fingerprint density at radius 1 is 1.40 bits per heavy atom. The summed E-state index contributed by atoms with van der Waals surface area (Å²) in [6.07, 6.45) is 3.02. The first-order valence-corrected chi connectivity index (χ1v) is 4.50. The van der Waals surface area contributed by atoms with Gasteiger partial charge in [0.1, 0.15) is 11.8 Å². The van der Waals surface area contributed by atoms with Crippen molar-refractivity contribution in [3.63, 3.8) is 0 Å². The van der Waals surface area contributed by atoms with Crippen molar-refractivity contribution in [1.82, 2.24) is 4.98 Å². The molecule has 0 atom stereocenters. The normalized spacial score (nSPS) is 9.53. The Morgan fingerprint density at radius 3 is 3.00 bits per heavy atom. The summed E-state index contributed by atoms with van der Waals surface area (Å²) >= 11 is 0. The average Bonchev–Trinajstić information content (AvgIpc) is 2.79. The Kier molecular flexibility index (Phi) is 2.65. The third kappa shape index (κ3) is 2.15. The van der Waals surface area contributed by atoms with Gasteiger partial charge in [0.15, 0.2) is 6.39 Å². The predicted molar refractivity (Wildman–Crippen MR) is 55.0 cm³/mol. The number of benzene rings is 1. The lowest BCUT2D eigenvalue weighted by molar-refractivity contribution is 0.511. The first-order chi connectivity index (χ1) is 7.40. The molecule has 15 heavy (non-hydrogen) atoms.